The molecule has 0 aliphatic rings. The molecule has 0 aliphatic carbocycles. The molecule has 2 aromatic rings. The zero-order chi connectivity index (χ0) is 13.3. The molecule has 0 bridgehead atoms. The first-order chi connectivity index (χ1) is 8.49. The minimum atomic E-state index is -0.845. The summed E-state index contributed by atoms with van der Waals surface area (Å²) in [4.78, 5) is 0. The Bertz CT molecular complexity index is 563. The monoisotopic (exact) mass is 251 g/mol. The van der Waals surface area contributed by atoms with Crippen LogP contribution in [0.25, 0.3) is 0 Å². The van der Waals surface area contributed by atoms with Crippen molar-refractivity contribution in [1.82, 2.24) is 9.78 Å². The van der Waals surface area contributed by atoms with Crippen LogP contribution in [0.3, 0.4) is 0 Å². The van der Waals surface area contributed by atoms with Crippen LogP contribution in [0, 0.1) is 18.6 Å². The normalized spacial score (nSPS) is 12.7. The quantitative estimate of drug-likeness (QED) is 0.909. The van der Waals surface area contributed by atoms with Gasteiger partial charge in [0, 0.05) is 24.3 Å². The fourth-order valence-electron chi connectivity index (χ4n) is 1.91. The van der Waals surface area contributed by atoms with Gasteiger partial charge >= 0.3 is 0 Å². The molecular weight excluding hydrogens is 236 g/mol. The number of hydrogen-bond donors (Lipinski definition) is 1. The highest BCUT2D eigenvalue weighted by Gasteiger charge is 2.14. The maximum absolute atomic E-state index is 13.1. The van der Waals surface area contributed by atoms with Crippen LogP contribution in [-0.2, 0) is 13.5 Å². The van der Waals surface area contributed by atoms with Gasteiger partial charge in [0.1, 0.15) is 0 Å². The zero-order valence-corrected chi connectivity index (χ0v) is 10.3. The SMILES string of the molecule is Cc1c(C(N)Cc2ccc(F)c(F)c2)cnn1C. The second-order valence-electron chi connectivity index (χ2n) is 4.37. The fraction of sp³-hybridized carbons (Fsp3) is 0.308. The minimum absolute atomic E-state index is 0.274. The Kier molecular flexibility index (Phi) is 3.43. The van der Waals surface area contributed by atoms with E-state index >= 15 is 0 Å². The van der Waals surface area contributed by atoms with Crippen LogP contribution >= 0.6 is 0 Å². The highest BCUT2D eigenvalue weighted by atomic mass is 19.2. The zero-order valence-electron chi connectivity index (χ0n) is 10.3. The van der Waals surface area contributed by atoms with E-state index in [9.17, 15) is 8.78 Å². The summed E-state index contributed by atoms with van der Waals surface area (Å²) in [6, 6.07) is 3.57. The molecule has 3 nitrogen and oxygen atoms in total. The van der Waals surface area contributed by atoms with Crippen LogP contribution < -0.4 is 5.73 Å². The third-order valence-electron chi connectivity index (χ3n) is 3.11. The summed E-state index contributed by atoms with van der Waals surface area (Å²) in [5.41, 5.74) is 8.63. The second kappa shape index (κ2) is 4.86. The summed E-state index contributed by atoms with van der Waals surface area (Å²) in [6.07, 6.45) is 2.16. The van der Waals surface area contributed by atoms with Gasteiger partial charge < -0.3 is 5.73 Å². The van der Waals surface area contributed by atoms with Crippen molar-refractivity contribution in [2.45, 2.75) is 19.4 Å². The molecule has 0 saturated heterocycles. The maximum atomic E-state index is 13.1. The molecule has 1 heterocycles. The Morgan fingerprint density at radius 2 is 2.06 bits per heavy atom. The summed E-state index contributed by atoms with van der Waals surface area (Å²) in [6.45, 7) is 1.92. The molecule has 0 amide bonds. The molecule has 0 radical (unpaired) electrons. The van der Waals surface area contributed by atoms with Gasteiger partial charge in [-0.25, -0.2) is 8.78 Å². The molecule has 18 heavy (non-hydrogen) atoms. The Labute approximate surface area is 104 Å². The lowest BCUT2D eigenvalue weighted by Crippen LogP contribution is -2.14. The first kappa shape index (κ1) is 12.7. The Morgan fingerprint density at radius 3 is 2.61 bits per heavy atom. The molecular formula is C13H15F2N3. The number of aromatic nitrogens is 2. The summed E-state index contributed by atoms with van der Waals surface area (Å²) in [5, 5.41) is 4.11. The van der Waals surface area contributed by atoms with Crippen molar-refractivity contribution >= 4 is 0 Å². The average Bonchev–Trinajstić information content (AvgIpc) is 2.65. The predicted molar refractivity (Wildman–Crippen MR) is 64.9 cm³/mol. The van der Waals surface area contributed by atoms with Crippen LogP contribution in [0.15, 0.2) is 24.4 Å². The highest BCUT2D eigenvalue weighted by molar-refractivity contribution is 5.25. The summed E-state index contributed by atoms with van der Waals surface area (Å²) in [7, 11) is 1.84. The number of hydrogen-bond acceptors (Lipinski definition) is 2. The van der Waals surface area contributed by atoms with Crippen LogP contribution in [0.4, 0.5) is 8.78 Å². The van der Waals surface area contributed by atoms with Gasteiger partial charge in [0.05, 0.1) is 6.20 Å². The van der Waals surface area contributed by atoms with Gasteiger partial charge in [-0.3, -0.25) is 4.68 Å². The van der Waals surface area contributed by atoms with E-state index in [4.69, 9.17) is 5.73 Å². The van der Waals surface area contributed by atoms with E-state index in [1.54, 1.807) is 16.9 Å². The second-order valence-corrected chi connectivity index (χ2v) is 4.37. The Hall–Kier alpha value is -1.75. The number of benzene rings is 1. The topological polar surface area (TPSA) is 43.8 Å². The van der Waals surface area contributed by atoms with E-state index in [0.29, 0.717) is 12.0 Å². The first-order valence-electron chi connectivity index (χ1n) is 5.67. The van der Waals surface area contributed by atoms with Crippen LogP contribution in [0.5, 0.6) is 0 Å². The van der Waals surface area contributed by atoms with Gasteiger partial charge in [-0.2, -0.15) is 5.10 Å². The lowest BCUT2D eigenvalue weighted by atomic mass is 10.0. The summed E-state index contributed by atoms with van der Waals surface area (Å²) in [5.74, 6) is -1.69. The van der Waals surface area contributed by atoms with Crippen LogP contribution in [0.2, 0.25) is 0 Å². The molecule has 2 rings (SSSR count). The summed E-state index contributed by atoms with van der Waals surface area (Å²) < 4.78 is 27.6. The first-order valence-corrected chi connectivity index (χ1v) is 5.67. The number of nitrogens with zero attached hydrogens (tertiary/aromatic N) is 2. The van der Waals surface area contributed by atoms with E-state index in [0.717, 1.165) is 17.3 Å². The lowest BCUT2D eigenvalue weighted by molar-refractivity contribution is 0.506. The summed E-state index contributed by atoms with van der Waals surface area (Å²) >= 11 is 0. The molecule has 0 saturated carbocycles. The van der Waals surface area contributed by atoms with Crippen LogP contribution in [0.1, 0.15) is 22.9 Å². The van der Waals surface area contributed by atoms with Crippen molar-refractivity contribution in [3.05, 3.63) is 52.9 Å². The Balaban J connectivity index is 2.18. The van der Waals surface area contributed by atoms with Crippen molar-refractivity contribution in [1.29, 1.82) is 0 Å². The molecule has 2 N–H and O–H groups in total. The molecule has 5 heteroatoms. The standard InChI is InChI=1S/C13H15F2N3/c1-8-10(7-17-18(8)2)13(16)6-9-3-4-11(14)12(15)5-9/h3-5,7,13H,6,16H2,1-2H3. The van der Waals surface area contributed by atoms with Crippen LogP contribution in [-0.4, -0.2) is 9.78 Å². The van der Waals surface area contributed by atoms with Crippen molar-refractivity contribution in [3.8, 4) is 0 Å². The number of halogens is 2. The molecule has 1 aromatic heterocycles. The molecule has 1 aromatic carbocycles. The van der Waals surface area contributed by atoms with E-state index in [1.165, 1.54) is 6.07 Å². The molecule has 1 atom stereocenters. The van der Waals surface area contributed by atoms with Crippen molar-refractivity contribution in [2.24, 2.45) is 12.8 Å². The third-order valence-corrected chi connectivity index (χ3v) is 3.11. The van der Waals surface area contributed by atoms with Gasteiger partial charge in [0.2, 0.25) is 0 Å². The Morgan fingerprint density at radius 1 is 1.33 bits per heavy atom. The van der Waals surface area contributed by atoms with Gasteiger partial charge in [0.15, 0.2) is 11.6 Å². The van der Waals surface area contributed by atoms with E-state index in [-0.39, 0.29) is 6.04 Å². The molecule has 0 spiro atoms. The van der Waals surface area contributed by atoms with E-state index in [1.807, 2.05) is 14.0 Å². The third kappa shape index (κ3) is 2.41. The van der Waals surface area contributed by atoms with Gasteiger partial charge in [-0.1, -0.05) is 6.07 Å². The number of aryl methyl sites for hydroxylation is 1. The van der Waals surface area contributed by atoms with Gasteiger partial charge in [-0.15, -0.1) is 0 Å². The fourth-order valence-corrected chi connectivity index (χ4v) is 1.91. The van der Waals surface area contributed by atoms with Gasteiger partial charge in [-0.05, 0) is 31.0 Å². The van der Waals surface area contributed by atoms with E-state index < -0.39 is 11.6 Å². The highest BCUT2D eigenvalue weighted by Crippen LogP contribution is 2.20. The van der Waals surface area contributed by atoms with Gasteiger partial charge in [0.25, 0.3) is 0 Å². The maximum Gasteiger partial charge on any atom is 0.159 e. The number of rotatable bonds is 3. The van der Waals surface area contributed by atoms with Crippen molar-refractivity contribution < 1.29 is 8.78 Å². The molecule has 0 aliphatic heterocycles. The number of nitrogens with two attached hydrogens (primary N) is 1. The molecule has 96 valence electrons. The minimum Gasteiger partial charge on any atom is -0.324 e. The van der Waals surface area contributed by atoms with E-state index in [2.05, 4.69) is 5.10 Å². The predicted octanol–water partition coefficient (Wildman–Crippen LogP) is 2.25. The average molecular weight is 251 g/mol. The van der Waals surface area contributed by atoms with Crippen molar-refractivity contribution in [2.75, 3.05) is 0 Å². The lowest BCUT2D eigenvalue weighted by Gasteiger charge is -2.11. The largest absolute Gasteiger partial charge is 0.324 e. The molecule has 1 unspecified atom stereocenters. The van der Waals surface area contributed by atoms with Crippen molar-refractivity contribution in [3.63, 3.8) is 0 Å². The smallest absolute Gasteiger partial charge is 0.159 e. The molecule has 0 fully saturated rings.